The van der Waals surface area contributed by atoms with Gasteiger partial charge in [0, 0.05) is 22.7 Å². The number of nitrogens with zero attached hydrogens (tertiary/aromatic N) is 1. The minimum Gasteiger partial charge on any atom is -0.488 e. The lowest BCUT2D eigenvalue weighted by atomic mass is 10.1. The molecule has 3 aromatic carbocycles. The van der Waals surface area contributed by atoms with E-state index in [0.717, 1.165) is 12.1 Å². The van der Waals surface area contributed by atoms with Gasteiger partial charge < -0.3 is 19.1 Å². The van der Waals surface area contributed by atoms with Crippen molar-refractivity contribution in [3.63, 3.8) is 0 Å². The second-order valence-corrected chi connectivity index (χ2v) is 7.20. The Kier molecular flexibility index (Phi) is 5.95. The maximum atomic E-state index is 13.9. The maximum Gasteiger partial charge on any atom is 0.511 e. The summed E-state index contributed by atoms with van der Waals surface area (Å²) in [6, 6.07) is 15.4. The van der Waals surface area contributed by atoms with Gasteiger partial charge >= 0.3 is 12.3 Å². The molecule has 170 valence electrons. The first-order valence-electron chi connectivity index (χ1n) is 9.77. The van der Waals surface area contributed by atoms with Crippen LogP contribution in [-0.2, 0) is 19.3 Å². The molecule has 0 fully saturated rings. The Balaban J connectivity index is 1.69. The van der Waals surface area contributed by atoms with E-state index in [-0.39, 0.29) is 35.8 Å². The number of fused-ring (bicyclic) bond motifs is 1. The predicted octanol–water partition coefficient (Wildman–Crippen LogP) is 6.48. The lowest BCUT2D eigenvalue weighted by Crippen LogP contribution is -2.09. The Hall–Kier alpha value is -4.01. The summed E-state index contributed by atoms with van der Waals surface area (Å²) in [7, 11) is 0. The third-order valence-electron chi connectivity index (χ3n) is 5.04. The van der Waals surface area contributed by atoms with Crippen LogP contribution in [0.4, 0.5) is 22.4 Å². The largest absolute Gasteiger partial charge is 0.511 e. The Morgan fingerprint density at radius 2 is 1.73 bits per heavy atom. The van der Waals surface area contributed by atoms with Crippen molar-refractivity contribution in [2.24, 2.45) is 0 Å². The molecule has 0 aliphatic heterocycles. The highest BCUT2D eigenvalue weighted by Crippen LogP contribution is 2.34. The average Bonchev–Trinajstić information content (AvgIpc) is 3.16. The molecule has 0 saturated carbocycles. The fourth-order valence-corrected chi connectivity index (χ4v) is 3.49. The normalized spacial score (nSPS) is 11.5. The van der Waals surface area contributed by atoms with Crippen LogP contribution in [0, 0.1) is 5.82 Å². The van der Waals surface area contributed by atoms with Crippen LogP contribution < -0.4 is 9.47 Å². The lowest BCUT2D eigenvalue weighted by molar-refractivity contribution is -0.137. The molecule has 5 nitrogen and oxygen atoms in total. The molecule has 4 rings (SSSR count). The molecule has 1 aromatic heterocycles. The highest BCUT2D eigenvalue weighted by atomic mass is 19.4. The predicted molar refractivity (Wildman–Crippen MR) is 112 cm³/mol. The minimum absolute atomic E-state index is 0.00342. The maximum absolute atomic E-state index is 13.9. The summed E-state index contributed by atoms with van der Waals surface area (Å²) >= 11 is 0. The number of benzene rings is 3. The van der Waals surface area contributed by atoms with Gasteiger partial charge in [-0.25, -0.2) is 9.18 Å². The van der Waals surface area contributed by atoms with Gasteiger partial charge in [-0.05, 0) is 42.5 Å². The van der Waals surface area contributed by atoms with E-state index in [0.29, 0.717) is 10.9 Å². The van der Waals surface area contributed by atoms with Gasteiger partial charge in [-0.15, -0.1) is 0 Å². The first-order valence-corrected chi connectivity index (χ1v) is 9.77. The molecule has 4 aromatic rings. The third-order valence-corrected chi connectivity index (χ3v) is 5.04. The van der Waals surface area contributed by atoms with E-state index in [9.17, 15) is 22.4 Å². The second kappa shape index (κ2) is 8.85. The number of alkyl halides is 3. The summed E-state index contributed by atoms with van der Waals surface area (Å²) in [6.45, 7) is -0.162. The van der Waals surface area contributed by atoms with Gasteiger partial charge in [0.05, 0.1) is 17.6 Å². The van der Waals surface area contributed by atoms with Crippen molar-refractivity contribution in [3.05, 3.63) is 95.4 Å². The van der Waals surface area contributed by atoms with E-state index in [4.69, 9.17) is 14.6 Å². The van der Waals surface area contributed by atoms with Crippen LogP contribution in [0.3, 0.4) is 0 Å². The van der Waals surface area contributed by atoms with Crippen molar-refractivity contribution in [2.45, 2.75) is 19.3 Å². The van der Waals surface area contributed by atoms with Crippen molar-refractivity contribution >= 4 is 17.1 Å². The lowest BCUT2D eigenvalue weighted by Gasteiger charge is -2.16. The van der Waals surface area contributed by atoms with Crippen LogP contribution in [0.5, 0.6) is 11.5 Å². The molecular formula is C24H17F4NO4. The third kappa shape index (κ3) is 4.92. The van der Waals surface area contributed by atoms with Gasteiger partial charge in [0.2, 0.25) is 0 Å². The van der Waals surface area contributed by atoms with Crippen molar-refractivity contribution in [2.75, 3.05) is 0 Å². The van der Waals surface area contributed by atoms with Gasteiger partial charge in [-0.2, -0.15) is 13.2 Å². The molecule has 0 spiro atoms. The van der Waals surface area contributed by atoms with Crippen LogP contribution in [0.1, 0.15) is 16.7 Å². The molecule has 0 aliphatic carbocycles. The zero-order valence-corrected chi connectivity index (χ0v) is 17.0. The molecule has 0 aliphatic rings. The van der Waals surface area contributed by atoms with Gasteiger partial charge in [-0.3, -0.25) is 0 Å². The van der Waals surface area contributed by atoms with E-state index in [1.807, 2.05) is 0 Å². The fourth-order valence-electron chi connectivity index (χ4n) is 3.49. The highest BCUT2D eigenvalue weighted by molar-refractivity contribution is 5.88. The van der Waals surface area contributed by atoms with E-state index < -0.39 is 23.7 Å². The van der Waals surface area contributed by atoms with Crippen LogP contribution in [0.25, 0.3) is 10.9 Å². The van der Waals surface area contributed by atoms with Gasteiger partial charge in [-0.1, -0.05) is 24.3 Å². The molecule has 0 bridgehead atoms. The Labute approximate surface area is 185 Å². The number of halogens is 4. The van der Waals surface area contributed by atoms with E-state index >= 15 is 0 Å². The smallest absolute Gasteiger partial charge is 0.488 e. The summed E-state index contributed by atoms with van der Waals surface area (Å²) in [5, 5.41) is 9.39. The Morgan fingerprint density at radius 1 is 0.939 bits per heavy atom. The number of hydrogen-bond acceptors (Lipinski definition) is 3. The number of carbonyl (C=O) groups is 1. The van der Waals surface area contributed by atoms with E-state index in [1.54, 1.807) is 35.0 Å². The second-order valence-electron chi connectivity index (χ2n) is 7.20. The zero-order chi connectivity index (χ0) is 23.6. The quantitative estimate of drug-likeness (QED) is 0.204. The summed E-state index contributed by atoms with van der Waals surface area (Å²) in [5.74, 6) is -0.196. The summed E-state index contributed by atoms with van der Waals surface area (Å²) in [4.78, 5) is 10.9. The molecule has 0 amide bonds. The molecule has 0 saturated heterocycles. The molecule has 0 radical (unpaired) electrons. The zero-order valence-electron chi connectivity index (χ0n) is 17.0. The first kappa shape index (κ1) is 22.2. The highest BCUT2D eigenvalue weighted by Gasteiger charge is 2.31. The van der Waals surface area contributed by atoms with Crippen LogP contribution in [0.2, 0.25) is 0 Å². The molecule has 1 N–H and O–H groups in total. The van der Waals surface area contributed by atoms with Crippen LogP contribution >= 0.6 is 0 Å². The van der Waals surface area contributed by atoms with Crippen molar-refractivity contribution < 1.29 is 36.9 Å². The fraction of sp³-hybridized carbons (Fsp3) is 0.125. The van der Waals surface area contributed by atoms with Gasteiger partial charge in [0.1, 0.15) is 23.9 Å². The molecule has 33 heavy (non-hydrogen) atoms. The van der Waals surface area contributed by atoms with E-state index in [2.05, 4.69) is 0 Å². The standard InChI is InChI=1S/C24H17F4NO4/c25-19-5-2-1-4-15(19)14-32-21-9-8-17(24(26,27)28)12-16(21)13-29-11-10-18-20(29)6-3-7-22(18)33-23(30)31/h1-12H,13-14H2,(H,30,31). The summed E-state index contributed by atoms with van der Waals surface area (Å²) < 4.78 is 66.1. The number of rotatable bonds is 6. The summed E-state index contributed by atoms with van der Waals surface area (Å²) in [5.41, 5.74) is 0.210. The van der Waals surface area contributed by atoms with Crippen LogP contribution in [0.15, 0.2) is 72.9 Å². The SMILES string of the molecule is O=C(O)Oc1cccc2c1ccn2Cc1cc(C(F)(F)F)ccc1OCc1ccccc1F. The molecular weight excluding hydrogens is 442 g/mol. The molecule has 9 heteroatoms. The molecule has 0 atom stereocenters. The first-order chi connectivity index (χ1) is 15.7. The van der Waals surface area contributed by atoms with Gasteiger partial charge in [0.15, 0.2) is 0 Å². The number of hydrogen-bond donors (Lipinski definition) is 1. The molecule has 0 unspecified atom stereocenters. The van der Waals surface area contributed by atoms with E-state index in [1.165, 1.54) is 30.3 Å². The average molecular weight is 459 g/mol. The Morgan fingerprint density at radius 3 is 2.45 bits per heavy atom. The number of carboxylic acid groups (broad SMARTS) is 1. The monoisotopic (exact) mass is 459 g/mol. The summed E-state index contributed by atoms with van der Waals surface area (Å²) in [6.07, 6.45) is -4.42. The number of aromatic nitrogens is 1. The minimum atomic E-state index is -4.56. The van der Waals surface area contributed by atoms with Crippen molar-refractivity contribution in [1.82, 2.24) is 4.57 Å². The topological polar surface area (TPSA) is 60.7 Å². The Bertz CT molecular complexity index is 1310. The van der Waals surface area contributed by atoms with Crippen molar-refractivity contribution in [1.29, 1.82) is 0 Å². The van der Waals surface area contributed by atoms with Gasteiger partial charge in [0.25, 0.3) is 0 Å². The van der Waals surface area contributed by atoms with Crippen molar-refractivity contribution in [3.8, 4) is 11.5 Å². The number of ether oxygens (including phenoxy) is 2. The van der Waals surface area contributed by atoms with Crippen LogP contribution in [-0.4, -0.2) is 15.8 Å². The molecule has 1 heterocycles.